The summed E-state index contributed by atoms with van der Waals surface area (Å²) in [6.07, 6.45) is 4.03. The Morgan fingerprint density at radius 2 is 2.21 bits per heavy atom. The van der Waals surface area contributed by atoms with Gasteiger partial charge in [0.1, 0.15) is 0 Å². The molecule has 72 valence electrons. The molecule has 0 aliphatic heterocycles. The van der Waals surface area contributed by atoms with Gasteiger partial charge in [0.25, 0.3) is 0 Å². The summed E-state index contributed by atoms with van der Waals surface area (Å²) in [6, 6.07) is 8.08. The molecule has 0 saturated heterocycles. The summed E-state index contributed by atoms with van der Waals surface area (Å²) in [6.45, 7) is 1.81. The molecule has 0 aliphatic rings. The molecule has 0 aliphatic carbocycles. The third-order valence-corrected chi connectivity index (χ3v) is 2.29. The van der Waals surface area contributed by atoms with Crippen LogP contribution in [0.2, 0.25) is 0 Å². The Labute approximate surface area is 83.2 Å². The average molecular weight is 187 g/mol. The first-order chi connectivity index (χ1) is 6.77. The highest BCUT2D eigenvalue weighted by Gasteiger charge is 2.03. The van der Waals surface area contributed by atoms with Crippen LogP contribution in [0.1, 0.15) is 12.5 Å². The van der Waals surface area contributed by atoms with Gasteiger partial charge in [-0.3, -0.25) is 4.98 Å². The Kier molecular flexibility index (Phi) is 2.46. The molecular weight excluding hydrogens is 174 g/mol. The lowest BCUT2D eigenvalue weighted by atomic mass is 10.0. The topological polar surface area (TPSA) is 33.1 Å². The molecular formula is C12H13NO. The minimum Gasteiger partial charge on any atom is -0.393 e. The zero-order chi connectivity index (χ0) is 9.97. The van der Waals surface area contributed by atoms with Gasteiger partial charge in [-0.25, -0.2) is 0 Å². The lowest BCUT2D eigenvalue weighted by molar-refractivity contribution is 0.196. The summed E-state index contributed by atoms with van der Waals surface area (Å²) in [5.41, 5.74) is 1.18. The molecule has 0 saturated carbocycles. The standard InChI is InChI=1S/C12H13NO/c1-9(14)7-10-3-2-4-11-8-13-6-5-12(10)11/h2-6,8-9,14H,7H2,1H3. The minimum atomic E-state index is -0.297. The van der Waals surface area contributed by atoms with Crippen molar-refractivity contribution in [2.75, 3.05) is 0 Å². The highest BCUT2D eigenvalue weighted by Crippen LogP contribution is 2.18. The number of aliphatic hydroxyl groups is 1. The van der Waals surface area contributed by atoms with Crippen molar-refractivity contribution in [2.45, 2.75) is 19.4 Å². The van der Waals surface area contributed by atoms with Crippen LogP contribution in [0.4, 0.5) is 0 Å². The molecule has 2 heteroatoms. The average Bonchev–Trinajstić information content (AvgIpc) is 2.18. The van der Waals surface area contributed by atoms with Crippen molar-refractivity contribution in [3.63, 3.8) is 0 Å². The number of pyridine rings is 1. The van der Waals surface area contributed by atoms with Crippen LogP contribution in [0.25, 0.3) is 10.8 Å². The third kappa shape index (κ3) is 1.75. The first kappa shape index (κ1) is 9.16. The van der Waals surface area contributed by atoms with E-state index in [1.54, 1.807) is 13.1 Å². The number of benzene rings is 1. The van der Waals surface area contributed by atoms with Gasteiger partial charge in [-0.05, 0) is 30.4 Å². The summed E-state index contributed by atoms with van der Waals surface area (Å²) in [5, 5.41) is 11.7. The fourth-order valence-electron chi connectivity index (χ4n) is 1.69. The van der Waals surface area contributed by atoms with E-state index in [1.807, 2.05) is 24.4 Å². The second-order valence-corrected chi connectivity index (χ2v) is 3.57. The molecule has 0 radical (unpaired) electrons. The quantitative estimate of drug-likeness (QED) is 0.781. The van der Waals surface area contributed by atoms with Crippen molar-refractivity contribution in [1.29, 1.82) is 0 Å². The van der Waals surface area contributed by atoms with E-state index in [1.165, 1.54) is 10.9 Å². The Morgan fingerprint density at radius 1 is 1.36 bits per heavy atom. The molecule has 1 aromatic carbocycles. The molecule has 2 nitrogen and oxygen atoms in total. The first-order valence-corrected chi connectivity index (χ1v) is 4.77. The van der Waals surface area contributed by atoms with Gasteiger partial charge in [-0.1, -0.05) is 18.2 Å². The molecule has 1 heterocycles. The number of rotatable bonds is 2. The van der Waals surface area contributed by atoms with Crippen molar-refractivity contribution in [2.24, 2.45) is 0 Å². The Morgan fingerprint density at radius 3 is 3.00 bits per heavy atom. The molecule has 1 atom stereocenters. The summed E-state index contributed by atoms with van der Waals surface area (Å²) in [4.78, 5) is 4.07. The van der Waals surface area contributed by atoms with E-state index in [9.17, 15) is 5.11 Å². The van der Waals surface area contributed by atoms with Crippen LogP contribution in [0.15, 0.2) is 36.7 Å². The normalized spacial score (nSPS) is 13.0. The maximum absolute atomic E-state index is 9.35. The van der Waals surface area contributed by atoms with E-state index in [2.05, 4.69) is 11.1 Å². The van der Waals surface area contributed by atoms with Gasteiger partial charge in [0.05, 0.1) is 6.10 Å². The summed E-state index contributed by atoms with van der Waals surface area (Å²) in [5.74, 6) is 0. The van der Waals surface area contributed by atoms with E-state index in [4.69, 9.17) is 0 Å². The highest BCUT2D eigenvalue weighted by atomic mass is 16.3. The number of hydrogen-bond acceptors (Lipinski definition) is 2. The van der Waals surface area contributed by atoms with E-state index in [0.29, 0.717) is 6.42 Å². The maximum atomic E-state index is 9.35. The van der Waals surface area contributed by atoms with E-state index in [-0.39, 0.29) is 6.10 Å². The molecule has 2 aromatic rings. The van der Waals surface area contributed by atoms with Crippen LogP contribution >= 0.6 is 0 Å². The molecule has 0 fully saturated rings. The van der Waals surface area contributed by atoms with Crippen molar-refractivity contribution in [3.05, 3.63) is 42.2 Å². The molecule has 1 unspecified atom stereocenters. The van der Waals surface area contributed by atoms with Crippen LogP contribution in [0, 0.1) is 0 Å². The highest BCUT2D eigenvalue weighted by molar-refractivity contribution is 5.84. The number of aromatic nitrogens is 1. The predicted octanol–water partition coefficient (Wildman–Crippen LogP) is 2.16. The lowest BCUT2D eigenvalue weighted by Gasteiger charge is -2.07. The molecule has 0 amide bonds. The van der Waals surface area contributed by atoms with E-state index < -0.39 is 0 Å². The second-order valence-electron chi connectivity index (χ2n) is 3.57. The van der Waals surface area contributed by atoms with Crippen LogP contribution < -0.4 is 0 Å². The van der Waals surface area contributed by atoms with E-state index in [0.717, 1.165) is 5.39 Å². The van der Waals surface area contributed by atoms with Crippen molar-refractivity contribution in [3.8, 4) is 0 Å². The van der Waals surface area contributed by atoms with Gasteiger partial charge in [-0.2, -0.15) is 0 Å². The van der Waals surface area contributed by atoms with Gasteiger partial charge in [0.15, 0.2) is 0 Å². The maximum Gasteiger partial charge on any atom is 0.0552 e. The van der Waals surface area contributed by atoms with Crippen LogP contribution in [-0.2, 0) is 6.42 Å². The molecule has 1 aromatic heterocycles. The first-order valence-electron chi connectivity index (χ1n) is 4.77. The van der Waals surface area contributed by atoms with Crippen LogP contribution in [-0.4, -0.2) is 16.2 Å². The van der Waals surface area contributed by atoms with Gasteiger partial charge in [0, 0.05) is 17.8 Å². The van der Waals surface area contributed by atoms with Crippen LogP contribution in [0.3, 0.4) is 0 Å². The minimum absolute atomic E-state index is 0.297. The van der Waals surface area contributed by atoms with Crippen LogP contribution in [0.5, 0.6) is 0 Å². The monoisotopic (exact) mass is 187 g/mol. The van der Waals surface area contributed by atoms with Gasteiger partial charge in [0.2, 0.25) is 0 Å². The SMILES string of the molecule is CC(O)Cc1cccc2cnccc12. The number of nitrogens with zero attached hydrogens (tertiary/aromatic N) is 1. The fourth-order valence-corrected chi connectivity index (χ4v) is 1.69. The van der Waals surface area contributed by atoms with E-state index >= 15 is 0 Å². The fraction of sp³-hybridized carbons (Fsp3) is 0.250. The molecule has 1 N–H and O–H groups in total. The largest absolute Gasteiger partial charge is 0.393 e. The summed E-state index contributed by atoms with van der Waals surface area (Å²) >= 11 is 0. The lowest BCUT2D eigenvalue weighted by Crippen LogP contribution is -2.04. The predicted molar refractivity (Wildman–Crippen MR) is 57.1 cm³/mol. The molecule has 0 bridgehead atoms. The Balaban J connectivity index is 2.53. The number of hydrogen-bond donors (Lipinski definition) is 1. The zero-order valence-electron chi connectivity index (χ0n) is 8.14. The second kappa shape index (κ2) is 3.76. The molecule has 14 heavy (non-hydrogen) atoms. The van der Waals surface area contributed by atoms with Crippen molar-refractivity contribution >= 4 is 10.8 Å². The van der Waals surface area contributed by atoms with Gasteiger partial charge in [-0.15, -0.1) is 0 Å². The summed E-state index contributed by atoms with van der Waals surface area (Å²) in [7, 11) is 0. The number of aliphatic hydroxyl groups excluding tert-OH is 1. The summed E-state index contributed by atoms with van der Waals surface area (Å²) < 4.78 is 0. The van der Waals surface area contributed by atoms with Crippen molar-refractivity contribution < 1.29 is 5.11 Å². The molecule has 2 rings (SSSR count). The third-order valence-electron chi connectivity index (χ3n) is 2.29. The van der Waals surface area contributed by atoms with Gasteiger partial charge < -0.3 is 5.11 Å². The number of fused-ring (bicyclic) bond motifs is 1. The molecule has 0 spiro atoms. The Hall–Kier alpha value is -1.41. The Bertz CT molecular complexity index is 432. The zero-order valence-corrected chi connectivity index (χ0v) is 8.14. The van der Waals surface area contributed by atoms with Gasteiger partial charge >= 0.3 is 0 Å². The smallest absolute Gasteiger partial charge is 0.0552 e. The van der Waals surface area contributed by atoms with Crippen molar-refractivity contribution in [1.82, 2.24) is 4.98 Å².